The number of rotatable bonds is 6. The average Bonchev–Trinajstić information content (AvgIpc) is 3.22. The Bertz CT molecular complexity index is 1080. The summed E-state index contributed by atoms with van der Waals surface area (Å²) in [5.74, 6) is 0.424. The number of amidine groups is 1. The molecule has 0 spiro atoms. The molecule has 1 amide bonds. The van der Waals surface area contributed by atoms with E-state index in [0.29, 0.717) is 10.9 Å². The Hall–Kier alpha value is -2.32. The Labute approximate surface area is 187 Å². The predicted molar refractivity (Wildman–Crippen MR) is 126 cm³/mol. The van der Waals surface area contributed by atoms with Crippen molar-refractivity contribution in [2.45, 2.75) is 38.0 Å². The standard InChI is InChI=1S/C23H26N2O4S2/c1-3-16-9-8-10-17(4-2)22(16)25-19-14-31(27,28)15-20(19)30-23(25)24-21(26)13-29-18-11-6-5-7-12-18/h5-12,19-20H,3-4,13-15H2,1-2H3/t19-,20-/m1/s1. The van der Waals surface area contributed by atoms with E-state index in [1.54, 1.807) is 12.1 Å². The number of fused-ring (bicyclic) bond motifs is 1. The number of hydrogen-bond donors (Lipinski definition) is 0. The molecule has 2 aromatic carbocycles. The summed E-state index contributed by atoms with van der Waals surface area (Å²) in [6, 6.07) is 15.1. The fraction of sp³-hybridized carbons (Fsp3) is 0.391. The molecule has 2 atom stereocenters. The highest BCUT2D eigenvalue weighted by Gasteiger charge is 2.50. The van der Waals surface area contributed by atoms with Gasteiger partial charge in [-0.1, -0.05) is 62.0 Å². The van der Waals surface area contributed by atoms with Crippen molar-refractivity contribution in [3.05, 3.63) is 59.7 Å². The number of thioether (sulfide) groups is 1. The van der Waals surface area contributed by atoms with Crippen LogP contribution in [0.5, 0.6) is 5.75 Å². The summed E-state index contributed by atoms with van der Waals surface area (Å²) < 4.78 is 30.3. The third-order valence-corrected chi connectivity index (χ3v) is 8.81. The number of nitrogens with zero attached hydrogens (tertiary/aromatic N) is 2. The average molecular weight is 459 g/mol. The van der Waals surface area contributed by atoms with Gasteiger partial charge in [-0.25, -0.2) is 8.42 Å². The second-order valence-electron chi connectivity index (χ2n) is 7.69. The van der Waals surface area contributed by atoms with Crippen LogP contribution in [0.3, 0.4) is 0 Å². The zero-order valence-corrected chi connectivity index (χ0v) is 19.3. The van der Waals surface area contributed by atoms with E-state index < -0.39 is 9.84 Å². The third kappa shape index (κ3) is 4.65. The summed E-state index contributed by atoms with van der Waals surface area (Å²) in [7, 11) is -3.11. The third-order valence-electron chi connectivity index (χ3n) is 5.60. The minimum absolute atomic E-state index is 0.0829. The van der Waals surface area contributed by atoms with Crippen molar-refractivity contribution >= 4 is 38.4 Å². The second-order valence-corrected chi connectivity index (χ2v) is 11.1. The quantitative estimate of drug-likeness (QED) is 0.660. The second kappa shape index (κ2) is 9.04. The lowest BCUT2D eigenvalue weighted by Crippen LogP contribution is -2.39. The molecular formula is C23H26N2O4S2. The molecule has 8 heteroatoms. The molecule has 0 aliphatic carbocycles. The van der Waals surface area contributed by atoms with Gasteiger partial charge in [-0.3, -0.25) is 4.79 Å². The number of benzene rings is 2. The van der Waals surface area contributed by atoms with E-state index in [1.807, 2.05) is 29.2 Å². The monoisotopic (exact) mass is 458 g/mol. The van der Waals surface area contributed by atoms with Crippen LogP contribution >= 0.6 is 11.8 Å². The number of aryl methyl sites for hydroxylation is 2. The molecule has 4 rings (SSSR count). The lowest BCUT2D eigenvalue weighted by atomic mass is 10.0. The zero-order chi connectivity index (χ0) is 22.0. The lowest BCUT2D eigenvalue weighted by Gasteiger charge is -2.29. The van der Waals surface area contributed by atoms with Gasteiger partial charge in [-0.2, -0.15) is 4.99 Å². The van der Waals surface area contributed by atoms with Gasteiger partial charge in [0, 0.05) is 10.9 Å². The number of aliphatic imine (C=N–C) groups is 1. The van der Waals surface area contributed by atoms with Crippen molar-refractivity contribution in [3.63, 3.8) is 0 Å². The van der Waals surface area contributed by atoms with E-state index >= 15 is 0 Å². The minimum Gasteiger partial charge on any atom is -0.484 e. The van der Waals surface area contributed by atoms with Crippen molar-refractivity contribution in [1.82, 2.24) is 0 Å². The van der Waals surface area contributed by atoms with Gasteiger partial charge in [-0.05, 0) is 36.1 Å². The lowest BCUT2D eigenvalue weighted by molar-refractivity contribution is -0.119. The maximum atomic E-state index is 12.6. The fourth-order valence-corrected chi connectivity index (χ4v) is 8.07. The maximum Gasteiger partial charge on any atom is 0.285 e. The molecule has 31 heavy (non-hydrogen) atoms. The molecule has 2 fully saturated rings. The largest absolute Gasteiger partial charge is 0.484 e. The molecule has 2 heterocycles. The molecular weight excluding hydrogens is 432 g/mol. The number of anilines is 1. The van der Waals surface area contributed by atoms with Gasteiger partial charge in [0.2, 0.25) is 0 Å². The van der Waals surface area contributed by atoms with Gasteiger partial charge in [0.25, 0.3) is 5.91 Å². The van der Waals surface area contributed by atoms with E-state index in [2.05, 4.69) is 31.0 Å². The van der Waals surface area contributed by atoms with E-state index in [4.69, 9.17) is 4.74 Å². The van der Waals surface area contributed by atoms with Crippen LogP contribution in [0.4, 0.5) is 5.69 Å². The Kier molecular flexibility index (Phi) is 6.39. The van der Waals surface area contributed by atoms with E-state index in [1.165, 1.54) is 11.8 Å². The molecule has 2 aliphatic rings. The molecule has 2 aromatic rings. The summed E-state index contributed by atoms with van der Waals surface area (Å²) in [5.41, 5.74) is 3.26. The maximum absolute atomic E-state index is 12.6. The van der Waals surface area contributed by atoms with Gasteiger partial charge in [0.1, 0.15) is 5.75 Å². The Balaban J connectivity index is 1.67. The number of para-hydroxylation sites is 2. The first-order valence-electron chi connectivity index (χ1n) is 10.5. The first-order valence-corrected chi connectivity index (χ1v) is 13.2. The van der Waals surface area contributed by atoms with Gasteiger partial charge < -0.3 is 9.64 Å². The normalized spacial score (nSPS) is 23.2. The number of amides is 1. The topological polar surface area (TPSA) is 76.0 Å². The summed E-state index contributed by atoms with van der Waals surface area (Å²) in [5, 5.41) is 0.448. The van der Waals surface area contributed by atoms with E-state index in [0.717, 1.165) is 29.7 Å². The van der Waals surface area contributed by atoms with Crippen molar-refractivity contribution in [2.75, 3.05) is 23.0 Å². The van der Waals surface area contributed by atoms with E-state index in [-0.39, 0.29) is 35.3 Å². The molecule has 0 bridgehead atoms. The summed E-state index contributed by atoms with van der Waals surface area (Å²) in [6.07, 6.45) is 1.62. The van der Waals surface area contributed by atoms with Crippen LogP contribution in [0.2, 0.25) is 0 Å². The molecule has 0 saturated carbocycles. The summed E-state index contributed by atoms with van der Waals surface area (Å²) in [4.78, 5) is 19.0. The van der Waals surface area contributed by atoms with Crippen molar-refractivity contribution in [2.24, 2.45) is 4.99 Å². The Morgan fingerprint density at radius 3 is 2.39 bits per heavy atom. The first-order chi connectivity index (χ1) is 14.9. The van der Waals surface area contributed by atoms with Crippen LogP contribution in [0.25, 0.3) is 0 Å². The SMILES string of the molecule is CCc1cccc(CC)c1N1C(=NC(=O)COc2ccccc2)S[C@@H]2CS(=O)(=O)C[C@H]21. The smallest absolute Gasteiger partial charge is 0.285 e. The van der Waals surface area contributed by atoms with E-state index in [9.17, 15) is 13.2 Å². The molecule has 0 unspecified atom stereocenters. The van der Waals surface area contributed by atoms with Crippen molar-refractivity contribution < 1.29 is 17.9 Å². The van der Waals surface area contributed by atoms with Crippen molar-refractivity contribution in [3.8, 4) is 5.75 Å². The number of carbonyl (C=O) groups is 1. The first kappa shape index (κ1) is 21.9. The number of ether oxygens (including phenoxy) is 1. The Morgan fingerprint density at radius 1 is 1.06 bits per heavy atom. The fourth-order valence-electron chi connectivity index (χ4n) is 4.15. The molecule has 6 nitrogen and oxygen atoms in total. The molecule has 0 N–H and O–H groups in total. The van der Waals surface area contributed by atoms with Gasteiger partial charge in [0.15, 0.2) is 21.6 Å². The minimum atomic E-state index is -3.11. The van der Waals surface area contributed by atoms with Crippen molar-refractivity contribution in [1.29, 1.82) is 0 Å². The zero-order valence-electron chi connectivity index (χ0n) is 17.7. The number of sulfone groups is 1. The molecule has 164 valence electrons. The molecule has 0 radical (unpaired) electrons. The van der Waals surface area contributed by atoms with Gasteiger partial charge in [-0.15, -0.1) is 0 Å². The number of carbonyl (C=O) groups excluding carboxylic acids is 1. The highest BCUT2D eigenvalue weighted by atomic mass is 32.2. The summed E-state index contributed by atoms with van der Waals surface area (Å²) >= 11 is 1.40. The van der Waals surface area contributed by atoms with Gasteiger partial charge in [0.05, 0.1) is 17.5 Å². The van der Waals surface area contributed by atoms with Crippen LogP contribution in [0.1, 0.15) is 25.0 Å². The summed E-state index contributed by atoms with van der Waals surface area (Å²) in [6.45, 7) is 4.01. The Morgan fingerprint density at radius 2 is 1.74 bits per heavy atom. The van der Waals surface area contributed by atoms with Crippen LogP contribution < -0.4 is 9.64 Å². The van der Waals surface area contributed by atoms with Crippen LogP contribution in [0.15, 0.2) is 53.5 Å². The highest BCUT2D eigenvalue weighted by molar-refractivity contribution is 8.16. The number of hydrogen-bond acceptors (Lipinski definition) is 5. The van der Waals surface area contributed by atoms with Crippen LogP contribution in [-0.4, -0.2) is 48.9 Å². The predicted octanol–water partition coefficient (Wildman–Crippen LogP) is 3.49. The molecule has 2 saturated heterocycles. The van der Waals surface area contributed by atoms with Crippen LogP contribution in [-0.2, 0) is 27.5 Å². The molecule has 2 aliphatic heterocycles. The highest BCUT2D eigenvalue weighted by Crippen LogP contribution is 2.43. The molecule has 0 aromatic heterocycles. The van der Waals surface area contributed by atoms with Gasteiger partial charge >= 0.3 is 0 Å². The van der Waals surface area contributed by atoms with Crippen LogP contribution in [0, 0.1) is 0 Å².